The van der Waals surface area contributed by atoms with Gasteiger partial charge in [-0.1, -0.05) is 12.1 Å². The van der Waals surface area contributed by atoms with E-state index in [0.717, 1.165) is 5.56 Å². The molecule has 0 radical (unpaired) electrons. The van der Waals surface area contributed by atoms with Crippen molar-refractivity contribution in [1.82, 2.24) is 20.2 Å². The Kier molecular flexibility index (Phi) is 3.44. The summed E-state index contributed by atoms with van der Waals surface area (Å²) in [5.74, 6) is -0.304. The molecular weight excluding hydrogens is 220 g/mol. The van der Waals surface area contributed by atoms with Gasteiger partial charge in [-0.2, -0.15) is 0 Å². The molecule has 2 rings (SSSR count). The number of esters is 1. The molecular formula is C11H12N4O2. The molecule has 0 bridgehead atoms. The number of ether oxygens (including phenoxy) is 1. The molecule has 6 nitrogen and oxygen atoms in total. The Labute approximate surface area is 98.2 Å². The average Bonchev–Trinajstić information content (AvgIpc) is 2.83. The number of tetrazole rings is 1. The highest BCUT2D eigenvalue weighted by molar-refractivity contribution is 5.89. The van der Waals surface area contributed by atoms with E-state index in [2.05, 4.69) is 15.5 Å². The van der Waals surface area contributed by atoms with Crippen LogP contribution >= 0.6 is 0 Å². The van der Waals surface area contributed by atoms with Crippen molar-refractivity contribution >= 4 is 5.97 Å². The Bertz CT molecular complexity index is 479. The van der Waals surface area contributed by atoms with E-state index >= 15 is 0 Å². The van der Waals surface area contributed by atoms with Gasteiger partial charge in [-0.25, -0.2) is 9.48 Å². The average molecular weight is 232 g/mol. The van der Waals surface area contributed by atoms with E-state index in [1.54, 1.807) is 30.1 Å². The summed E-state index contributed by atoms with van der Waals surface area (Å²) in [5, 5.41) is 10.9. The molecule has 0 aliphatic carbocycles. The lowest BCUT2D eigenvalue weighted by Gasteiger charge is -2.03. The lowest BCUT2D eigenvalue weighted by molar-refractivity contribution is 0.0526. The normalized spacial score (nSPS) is 10.2. The van der Waals surface area contributed by atoms with E-state index in [1.165, 1.54) is 0 Å². The highest BCUT2D eigenvalue weighted by Crippen LogP contribution is 2.07. The van der Waals surface area contributed by atoms with Crippen LogP contribution < -0.4 is 0 Å². The zero-order valence-corrected chi connectivity index (χ0v) is 9.41. The highest BCUT2D eigenvalue weighted by Gasteiger charge is 2.05. The fourth-order valence-electron chi connectivity index (χ4n) is 1.40. The fourth-order valence-corrected chi connectivity index (χ4v) is 1.40. The van der Waals surface area contributed by atoms with Crippen LogP contribution in [-0.2, 0) is 11.3 Å². The number of hydrogen-bond acceptors (Lipinski definition) is 5. The Morgan fingerprint density at radius 2 is 2.12 bits per heavy atom. The fraction of sp³-hybridized carbons (Fsp3) is 0.273. The monoisotopic (exact) mass is 232 g/mol. The lowest BCUT2D eigenvalue weighted by Crippen LogP contribution is -2.05. The van der Waals surface area contributed by atoms with E-state index in [4.69, 9.17) is 4.74 Å². The molecule has 0 fully saturated rings. The minimum Gasteiger partial charge on any atom is -0.462 e. The Balaban J connectivity index is 2.05. The standard InChI is InChI=1S/C11H12N4O2/c1-2-17-11(16)10-5-3-9(4-6-10)7-15-8-12-13-14-15/h3-6,8H,2,7H2,1H3. The molecule has 0 saturated carbocycles. The minimum atomic E-state index is -0.304. The third-order valence-electron chi connectivity index (χ3n) is 2.20. The van der Waals surface area contributed by atoms with E-state index < -0.39 is 0 Å². The van der Waals surface area contributed by atoms with E-state index in [0.29, 0.717) is 18.7 Å². The molecule has 0 aliphatic rings. The maximum absolute atomic E-state index is 11.4. The number of rotatable bonds is 4. The van der Waals surface area contributed by atoms with Crippen molar-refractivity contribution < 1.29 is 9.53 Å². The molecule has 1 aromatic heterocycles. The Morgan fingerprint density at radius 3 is 2.71 bits per heavy atom. The SMILES string of the molecule is CCOC(=O)c1ccc(Cn2cnnn2)cc1. The maximum Gasteiger partial charge on any atom is 0.338 e. The second-order valence-corrected chi connectivity index (χ2v) is 3.42. The molecule has 2 aromatic rings. The van der Waals surface area contributed by atoms with Crippen LogP contribution in [0, 0.1) is 0 Å². The number of aromatic nitrogens is 4. The smallest absolute Gasteiger partial charge is 0.338 e. The third-order valence-corrected chi connectivity index (χ3v) is 2.20. The van der Waals surface area contributed by atoms with Crippen LogP contribution in [0.4, 0.5) is 0 Å². The second kappa shape index (κ2) is 5.20. The predicted octanol–water partition coefficient (Wildman–Crippen LogP) is 0.898. The van der Waals surface area contributed by atoms with Crippen molar-refractivity contribution in [2.75, 3.05) is 6.61 Å². The van der Waals surface area contributed by atoms with Gasteiger partial charge in [-0.15, -0.1) is 5.10 Å². The van der Waals surface area contributed by atoms with Gasteiger partial charge in [0, 0.05) is 0 Å². The van der Waals surface area contributed by atoms with Crippen molar-refractivity contribution in [2.45, 2.75) is 13.5 Å². The van der Waals surface area contributed by atoms with Crippen LogP contribution in [0.2, 0.25) is 0 Å². The number of hydrogen-bond donors (Lipinski definition) is 0. The van der Waals surface area contributed by atoms with Gasteiger partial charge in [0.15, 0.2) is 0 Å². The Morgan fingerprint density at radius 1 is 1.35 bits per heavy atom. The van der Waals surface area contributed by atoms with Crippen molar-refractivity contribution in [1.29, 1.82) is 0 Å². The first kappa shape index (κ1) is 11.3. The third kappa shape index (κ3) is 2.87. The summed E-state index contributed by atoms with van der Waals surface area (Å²) in [6.45, 7) is 2.74. The molecule has 17 heavy (non-hydrogen) atoms. The van der Waals surface area contributed by atoms with Gasteiger partial charge in [0.05, 0.1) is 18.7 Å². The predicted molar refractivity (Wildman–Crippen MR) is 59.3 cm³/mol. The second-order valence-electron chi connectivity index (χ2n) is 3.42. The summed E-state index contributed by atoms with van der Waals surface area (Å²) < 4.78 is 6.51. The zero-order valence-electron chi connectivity index (χ0n) is 9.41. The lowest BCUT2D eigenvalue weighted by atomic mass is 10.1. The maximum atomic E-state index is 11.4. The van der Waals surface area contributed by atoms with Crippen LogP contribution in [-0.4, -0.2) is 32.8 Å². The molecule has 0 saturated heterocycles. The molecule has 1 aromatic carbocycles. The van der Waals surface area contributed by atoms with Gasteiger partial charge >= 0.3 is 5.97 Å². The van der Waals surface area contributed by atoms with Gasteiger partial charge < -0.3 is 4.74 Å². The summed E-state index contributed by atoms with van der Waals surface area (Å²) in [7, 11) is 0. The summed E-state index contributed by atoms with van der Waals surface area (Å²) >= 11 is 0. The van der Waals surface area contributed by atoms with E-state index in [-0.39, 0.29) is 5.97 Å². The van der Waals surface area contributed by atoms with Gasteiger partial charge in [0.1, 0.15) is 6.33 Å². The first-order chi connectivity index (χ1) is 8.29. The molecule has 0 unspecified atom stereocenters. The van der Waals surface area contributed by atoms with Gasteiger partial charge in [0.2, 0.25) is 0 Å². The van der Waals surface area contributed by atoms with Gasteiger partial charge in [-0.3, -0.25) is 0 Å². The van der Waals surface area contributed by atoms with Crippen LogP contribution in [0.1, 0.15) is 22.8 Å². The zero-order chi connectivity index (χ0) is 12.1. The van der Waals surface area contributed by atoms with Crippen LogP contribution in [0.3, 0.4) is 0 Å². The molecule has 0 N–H and O–H groups in total. The quantitative estimate of drug-likeness (QED) is 0.732. The molecule has 88 valence electrons. The van der Waals surface area contributed by atoms with E-state index in [9.17, 15) is 4.79 Å². The van der Waals surface area contributed by atoms with Crippen molar-refractivity contribution in [3.05, 3.63) is 41.7 Å². The number of carbonyl (C=O) groups excluding carboxylic acids is 1. The van der Waals surface area contributed by atoms with Crippen molar-refractivity contribution in [3.8, 4) is 0 Å². The minimum absolute atomic E-state index is 0.304. The number of benzene rings is 1. The highest BCUT2D eigenvalue weighted by atomic mass is 16.5. The molecule has 0 aliphatic heterocycles. The van der Waals surface area contributed by atoms with Gasteiger partial charge in [-0.05, 0) is 35.0 Å². The van der Waals surface area contributed by atoms with E-state index in [1.807, 2.05) is 12.1 Å². The van der Waals surface area contributed by atoms with Crippen LogP contribution in [0.25, 0.3) is 0 Å². The van der Waals surface area contributed by atoms with Crippen LogP contribution in [0.15, 0.2) is 30.6 Å². The van der Waals surface area contributed by atoms with Crippen molar-refractivity contribution in [2.24, 2.45) is 0 Å². The summed E-state index contributed by atoms with van der Waals surface area (Å²) in [6.07, 6.45) is 1.54. The van der Waals surface area contributed by atoms with Gasteiger partial charge in [0.25, 0.3) is 0 Å². The first-order valence-corrected chi connectivity index (χ1v) is 5.26. The van der Waals surface area contributed by atoms with Crippen molar-refractivity contribution in [3.63, 3.8) is 0 Å². The molecule has 6 heteroatoms. The summed E-state index contributed by atoms with van der Waals surface area (Å²) in [4.78, 5) is 11.4. The first-order valence-electron chi connectivity index (χ1n) is 5.26. The molecule has 0 atom stereocenters. The topological polar surface area (TPSA) is 69.9 Å². The molecule has 1 heterocycles. The summed E-state index contributed by atoms with van der Waals surface area (Å²) in [5.41, 5.74) is 1.57. The summed E-state index contributed by atoms with van der Waals surface area (Å²) in [6, 6.07) is 7.18. The van der Waals surface area contributed by atoms with Crippen LogP contribution in [0.5, 0.6) is 0 Å². The largest absolute Gasteiger partial charge is 0.462 e. The Hall–Kier alpha value is -2.24. The number of nitrogens with zero attached hydrogens (tertiary/aromatic N) is 4. The number of carbonyl (C=O) groups is 1. The molecule has 0 amide bonds. The molecule has 0 spiro atoms.